The zero-order valence-electron chi connectivity index (χ0n) is 21.3. The molecule has 0 spiro atoms. The Hall–Kier alpha value is -4.11. The van der Waals surface area contributed by atoms with Crippen LogP contribution in [0.2, 0.25) is 0 Å². The molecule has 1 saturated heterocycles. The Kier molecular flexibility index (Phi) is 5.92. The van der Waals surface area contributed by atoms with E-state index in [1.165, 1.54) is 0 Å². The lowest BCUT2D eigenvalue weighted by Gasteiger charge is -2.35. The second-order valence-corrected chi connectivity index (χ2v) is 9.63. The largest absolute Gasteiger partial charge is 0.495 e. The van der Waals surface area contributed by atoms with Crippen LogP contribution in [0.25, 0.3) is 22.2 Å². The van der Waals surface area contributed by atoms with Crippen molar-refractivity contribution in [2.45, 2.75) is 13.3 Å². The molecule has 0 radical (unpaired) electrons. The van der Waals surface area contributed by atoms with Crippen LogP contribution in [0.4, 0.5) is 21.9 Å². The van der Waals surface area contributed by atoms with Crippen molar-refractivity contribution in [3.63, 3.8) is 0 Å². The molecule has 2 aliphatic heterocycles. The van der Waals surface area contributed by atoms with E-state index in [1.54, 1.807) is 14.0 Å². The summed E-state index contributed by atoms with van der Waals surface area (Å²) in [4.78, 5) is 24.5. The molecule has 190 valence electrons. The van der Waals surface area contributed by atoms with Crippen LogP contribution in [0.15, 0.2) is 53.1 Å². The SMILES string of the molecule is COc1cc2c(cc1N1CCN(C)CC1)N(C(=O)Nc1cccc3c(-c4nc(C)no4)cccc13)CC2. The average Bonchev–Trinajstić information content (AvgIpc) is 3.54. The monoisotopic (exact) mass is 498 g/mol. The normalized spacial score (nSPS) is 15.8. The third-order valence-electron chi connectivity index (χ3n) is 7.29. The van der Waals surface area contributed by atoms with Crippen molar-refractivity contribution >= 4 is 33.9 Å². The number of rotatable bonds is 4. The number of carbonyl (C=O) groups is 1. The van der Waals surface area contributed by atoms with E-state index < -0.39 is 0 Å². The molecule has 9 nitrogen and oxygen atoms in total. The minimum absolute atomic E-state index is 0.153. The van der Waals surface area contributed by atoms with Crippen molar-refractivity contribution in [3.8, 4) is 17.2 Å². The lowest BCUT2D eigenvalue weighted by Crippen LogP contribution is -2.44. The van der Waals surface area contributed by atoms with Crippen LogP contribution < -0.4 is 19.9 Å². The molecule has 1 N–H and O–H groups in total. The summed E-state index contributed by atoms with van der Waals surface area (Å²) in [6.45, 7) is 6.26. The summed E-state index contributed by atoms with van der Waals surface area (Å²) in [5.41, 5.74) is 4.68. The second kappa shape index (κ2) is 9.40. The van der Waals surface area contributed by atoms with Gasteiger partial charge in [-0.25, -0.2) is 4.79 Å². The van der Waals surface area contributed by atoms with E-state index in [2.05, 4.69) is 44.4 Å². The van der Waals surface area contributed by atoms with Crippen LogP contribution in [-0.4, -0.2) is 68.0 Å². The number of piperazine rings is 1. The van der Waals surface area contributed by atoms with Crippen LogP contribution in [0.1, 0.15) is 11.4 Å². The smallest absolute Gasteiger partial charge is 0.326 e. The Morgan fingerprint density at radius 2 is 1.78 bits per heavy atom. The molecular formula is C28H30N6O3. The predicted molar refractivity (Wildman–Crippen MR) is 145 cm³/mol. The van der Waals surface area contributed by atoms with Crippen LogP contribution >= 0.6 is 0 Å². The highest BCUT2D eigenvalue weighted by Gasteiger charge is 2.29. The molecule has 2 aliphatic rings. The van der Waals surface area contributed by atoms with Gasteiger partial charge in [0.05, 0.1) is 24.2 Å². The molecule has 0 bridgehead atoms. The molecule has 9 heteroatoms. The van der Waals surface area contributed by atoms with Gasteiger partial charge < -0.3 is 24.4 Å². The minimum Gasteiger partial charge on any atom is -0.495 e. The number of fused-ring (bicyclic) bond motifs is 2. The quantitative estimate of drug-likeness (QED) is 0.442. The molecule has 4 aromatic rings. The highest BCUT2D eigenvalue weighted by molar-refractivity contribution is 6.10. The first-order valence-electron chi connectivity index (χ1n) is 12.6. The molecule has 0 atom stereocenters. The van der Waals surface area contributed by atoms with E-state index in [9.17, 15) is 4.79 Å². The van der Waals surface area contributed by atoms with E-state index in [4.69, 9.17) is 9.26 Å². The number of aryl methyl sites for hydroxylation is 1. The van der Waals surface area contributed by atoms with E-state index >= 15 is 0 Å². The standard InChI is InChI=1S/C28H30N6O3/c1-18-29-27(37-31-18)22-8-4-7-21-20(22)6-5-9-23(21)30-28(35)34-11-10-19-16-26(36-3)25(17-24(19)34)33-14-12-32(2)13-15-33/h4-9,16-17H,10-15H2,1-3H3,(H,30,35). The molecule has 6 rings (SSSR count). The molecular weight excluding hydrogens is 468 g/mol. The van der Waals surface area contributed by atoms with E-state index in [1.807, 2.05) is 41.3 Å². The molecule has 3 heterocycles. The predicted octanol–water partition coefficient (Wildman–Crippen LogP) is 4.55. The summed E-state index contributed by atoms with van der Waals surface area (Å²) >= 11 is 0. The Balaban J connectivity index is 1.30. The number of urea groups is 1. The Morgan fingerprint density at radius 1 is 1.00 bits per heavy atom. The van der Waals surface area contributed by atoms with Gasteiger partial charge in [0.25, 0.3) is 5.89 Å². The summed E-state index contributed by atoms with van der Waals surface area (Å²) in [6, 6.07) is 15.8. The third kappa shape index (κ3) is 4.25. The van der Waals surface area contributed by atoms with E-state index in [0.29, 0.717) is 18.3 Å². The van der Waals surface area contributed by atoms with Crippen LogP contribution in [0.5, 0.6) is 5.75 Å². The highest BCUT2D eigenvalue weighted by atomic mass is 16.5. The number of methoxy groups -OCH3 is 1. The first-order valence-corrected chi connectivity index (χ1v) is 12.6. The van der Waals surface area contributed by atoms with Gasteiger partial charge in [-0.15, -0.1) is 0 Å². The lowest BCUT2D eigenvalue weighted by molar-refractivity contribution is 0.257. The maximum atomic E-state index is 13.6. The van der Waals surface area contributed by atoms with Gasteiger partial charge in [-0.05, 0) is 55.6 Å². The molecule has 3 aromatic carbocycles. The number of likely N-dealkylation sites (N-methyl/N-ethyl adjacent to an activating group) is 1. The number of nitrogens with one attached hydrogen (secondary N) is 1. The molecule has 0 unspecified atom stereocenters. The van der Waals surface area contributed by atoms with Gasteiger partial charge in [-0.2, -0.15) is 4.98 Å². The Bertz CT molecular complexity index is 1470. The fourth-order valence-electron chi connectivity index (χ4n) is 5.27. The van der Waals surface area contributed by atoms with Gasteiger partial charge >= 0.3 is 6.03 Å². The average molecular weight is 499 g/mol. The Labute approximate surface area is 215 Å². The maximum Gasteiger partial charge on any atom is 0.326 e. The molecule has 1 fully saturated rings. The van der Waals surface area contributed by atoms with Crippen LogP contribution in [-0.2, 0) is 6.42 Å². The number of hydrogen-bond donors (Lipinski definition) is 1. The third-order valence-corrected chi connectivity index (χ3v) is 7.29. The summed E-state index contributed by atoms with van der Waals surface area (Å²) in [5.74, 6) is 1.91. The van der Waals surface area contributed by atoms with Crippen molar-refractivity contribution in [3.05, 3.63) is 59.9 Å². The van der Waals surface area contributed by atoms with Gasteiger partial charge in [0, 0.05) is 43.7 Å². The van der Waals surface area contributed by atoms with Crippen molar-refractivity contribution in [2.24, 2.45) is 0 Å². The first kappa shape index (κ1) is 23.3. The molecule has 0 saturated carbocycles. The molecule has 2 amide bonds. The van der Waals surface area contributed by atoms with Crippen molar-refractivity contribution < 1.29 is 14.1 Å². The van der Waals surface area contributed by atoms with Crippen LogP contribution in [0, 0.1) is 6.92 Å². The fourth-order valence-corrected chi connectivity index (χ4v) is 5.27. The van der Waals surface area contributed by atoms with Gasteiger partial charge in [-0.3, -0.25) is 4.90 Å². The number of amides is 2. The summed E-state index contributed by atoms with van der Waals surface area (Å²) < 4.78 is 11.2. The Morgan fingerprint density at radius 3 is 2.54 bits per heavy atom. The number of hydrogen-bond acceptors (Lipinski definition) is 7. The van der Waals surface area contributed by atoms with Crippen molar-refractivity contribution in [1.29, 1.82) is 0 Å². The number of nitrogens with zero attached hydrogens (tertiary/aromatic N) is 5. The number of ether oxygens (including phenoxy) is 1. The molecule has 0 aliphatic carbocycles. The van der Waals surface area contributed by atoms with Gasteiger partial charge in [-0.1, -0.05) is 29.4 Å². The summed E-state index contributed by atoms with van der Waals surface area (Å²) in [6.07, 6.45) is 0.790. The maximum absolute atomic E-state index is 13.6. The topological polar surface area (TPSA) is 87.0 Å². The first-order chi connectivity index (χ1) is 18.0. The van der Waals surface area contributed by atoms with E-state index in [0.717, 1.165) is 77.3 Å². The van der Waals surface area contributed by atoms with E-state index in [-0.39, 0.29) is 6.03 Å². The zero-order valence-corrected chi connectivity index (χ0v) is 21.3. The lowest BCUT2D eigenvalue weighted by atomic mass is 10.0. The number of benzene rings is 3. The van der Waals surface area contributed by atoms with Crippen LogP contribution in [0.3, 0.4) is 0 Å². The zero-order chi connectivity index (χ0) is 25.5. The highest BCUT2D eigenvalue weighted by Crippen LogP contribution is 2.40. The second-order valence-electron chi connectivity index (χ2n) is 9.63. The summed E-state index contributed by atoms with van der Waals surface area (Å²) in [5, 5.41) is 8.93. The van der Waals surface area contributed by atoms with Gasteiger partial charge in [0.2, 0.25) is 0 Å². The number of aromatic nitrogens is 2. The van der Waals surface area contributed by atoms with Gasteiger partial charge in [0.15, 0.2) is 5.82 Å². The number of carbonyl (C=O) groups excluding carboxylic acids is 1. The van der Waals surface area contributed by atoms with Crippen molar-refractivity contribution in [1.82, 2.24) is 15.0 Å². The molecule has 1 aromatic heterocycles. The van der Waals surface area contributed by atoms with Crippen molar-refractivity contribution in [2.75, 3.05) is 62.0 Å². The molecule has 37 heavy (non-hydrogen) atoms. The number of anilines is 3. The fraction of sp³-hybridized carbons (Fsp3) is 0.321. The summed E-state index contributed by atoms with van der Waals surface area (Å²) in [7, 11) is 3.85. The minimum atomic E-state index is -0.153. The van der Waals surface area contributed by atoms with Gasteiger partial charge in [0.1, 0.15) is 5.75 Å².